The second-order valence-electron chi connectivity index (χ2n) is 3.65. The number of furan rings is 1. The molecule has 0 spiro atoms. The molecule has 2 atom stereocenters. The lowest BCUT2D eigenvalue weighted by molar-refractivity contribution is 0.0471. The van der Waals surface area contributed by atoms with Gasteiger partial charge >= 0.3 is 0 Å². The summed E-state index contributed by atoms with van der Waals surface area (Å²) in [7, 11) is 0. The maximum atomic E-state index is 5.62. The van der Waals surface area contributed by atoms with Gasteiger partial charge in [-0.05, 0) is 32.9 Å². The smallest absolute Gasteiger partial charge is 0.0951 e. The third-order valence-corrected chi connectivity index (χ3v) is 2.42. The minimum atomic E-state index is 0.166. The summed E-state index contributed by atoms with van der Waals surface area (Å²) in [6, 6.07) is 2.21. The molecule has 1 aromatic rings. The zero-order valence-corrected chi connectivity index (χ0v) is 9.82. The first-order valence-corrected chi connectivity index (χ1v) is 5.66. The lowest BCUT2D eigenvalue weighted by atomic mass is 10.1. The van der Waals surface area contributed by atoms with Crippen molar-refractivity contribution in [3.63, 3.8) is 0 Å². The fourth-order valence-corrected chi connectivity index (χ4v) is 1.67. The van der Waals surface area contributed by atoms with Crippen molar-refractivity contribution in [1.82, 2.24) is 5.32 Å². The van der Waals surface area contributed by atoms with Crippen LogP contribution >= 0.6 is 0 Å². The van der Waals surface area contributed by atoms with E-state index in [0.717, 1.165) is 25.1 Å². The summed E-state index contributed by atoms with van der Waals surface area (Å²) in [4.78, 5) is 0. The molecule has 0 aliphatic carbocycles. The van der Waals surface area contributed by atoms with Crippen LogP contribution in [0, 0.1) is 0 Å². The summed E-state index contributed by atoms with van der Waals surface area (Å²) in [6.45, 7) is 7.99. The Kier molecular flexibility index (Phi) is 5.43. The Morgan fingerprint density at radius 3 is 2.80 bits per heavy atom. The summed E-state index contributed by atoms with van der Waals surface area (Å²) >= 11 is 0. The van der Waals surface area contributed by atoms with Gasteiger partial charge < -0.3 is 14.5 Å². The number of nitrogens with one attached hydrogen (secondary N) is 1. The molecule has 1 N–H and O–H groups in total. The first kappa shape index (κ1) is 12.3. The minimum absolute atomic E-state index is 0.166. The van der Waals surface area contributed by atoms with Crippen LogP contribution in [0.1, 0.15) is 38.8 Å². The topological polar surface area (TPSA) is 34.4 Å². The van der Waals surface area contributed by atoms with Gasteiger partial charge in [0.2, 0.25) is 0 Å². The van der Waals surface area contributed by atoms with Crippen LogP contribution in [-0.4, -0.2) is 19.3 Å². The Labute approximate surface area is 91.8 Å². The number of rotatable bonds is 7. The summed E-state index contributed by atoms with van der Waals surface area (Å²) in [5.41, 5.74) is 1.16. The number of hydrogen-bond acceptors (Lipinski definition) is 3. The summed E-state index contributed by atoms with van der Waals surface area (Å²) in [6.07, 6.45) is 4.77. The van der Waals surface area contributed by atoms with Crippen LogP contribution in [0.4, 0.5) is 0 Å². The average molecular weight is 211 g/mol. The van der Waals surface area contributed by atoms with Crippen LogP contribution in [0.25, 0.3) is 0 Å². The molecular weight excluding hydrogens is 190 g/mol. The average Bonchev–Trinajstić information content (AvgIpc) is 2.72. The van der Waals surface area contributed by atoms with E-state index in [9.17, 15) is 0 Å². The molecule has 0 amide bonds. The molecule has 0 saturated carbocycles. The zero-order chi connectivity index (χ0) is 11.1. The van der Waals surface area contributed by atoms with Gasteiger partial charge in [-0.1, -0.05) is 6.92 Å². The zero-order valence-electron chi connectivity index (χ0n) is 9.82. The molecule has 3 heteroatoms. The Morgan fingerprint density at radius 2 is 2.27 bits per heavy atom. The largest absolute Gasteiger partial charge is 0.472 e. The normalized spacial score (nSPS) is 15.1. The Morgan fingerprint density at radius 1 is 1.47 bits per heavy atom. The predicted octanol–water partition coefficient (Wildman–Crippen LogP) is 2.75. The highest BCUT2D eigenvalue weighted by Gasteiger charge is 2.19. The maximum Gasteiger partial charge on any atom is 0.0951 e. The highest BCUT2D eigenvalue weighted by atomic mass is 16.5. The van der Waals surface area contributed by atoms with E-state index in [1.807, 2.05) is 13.0 Å². The van der Waals surface area contributed by atoms with Gasteiger partial charge in [0.25, 0.3) is 0 Å². The van der Waals surface area contributed by atoms with Gasteiger partial charge in [-0.15, -0.1) is 0 Å². The van der Waals surface area contributed by atoms with Gasteiger partial charge in [-0.3, -0.25) is 0 Å². The Bertz CT molecular complexity index is 246. The molecule has 2 unspecified atom stereocenters. The second kappa shape index (κ2) is 6.64. The van der Waals surface area contributed by atoms with Crippen molar-refractivity contribution in [3.05, 3.63) is 24.2 Å². The number of ether oxygens (including phenoxy) is 1. The van der Waals surface area contributed by atoms with Gasteiger partial charge in [0.05, 0.1) is 24.7 Å². The molecule has 86 valence electrons. The van der Waals surface area contributed by atoms with Crippen molar-refractivity contribution in [2.45, 2.75) is 39.3 Å². The molecule has 0 aliphatic rings. The van der Waals surface area contributed by atoms with Gasteiger partial charge in [0.15, 0.2) is 0 Å². The van der Waals surface area contributed by atoms with Crippen LogP contribution in [0.3, 0.4) is 0 Å². The summed E-state index contributed by atoms with van der Waals surface area (Å²) < 4.78 is 10.7. The van der Waals surface area contributed by atoms with Crippen molar-refractivity contribution < 1.29 is 9.15 Å². The number of hydrogen-bond donors (Lipinski definition) is 1. The molecule has 0 bridgehead atoms. The molecular formula is C12H21NO2. The fraction of sp³-hybridized carbons (Fsp3) is 0.667. The Balaban J connectivity index is 2.60. The van der Waals surface area contributed by atoms with E-state index in [1.165, 1.54) is 0 Å². The van der Waals surface area contributed by atoms with Crippen molar-refractivity contribution in [3.8, 4) is 0 Å². The molecule has 0 aliphatic heterocycles. The van der Waals surface area contributed by atoms with Crippen LogP contribution in [-0.2, 0) is 4.74 Å². The van der Waals surface area contributed by atoms with Crippen LogP contribution in [0.15, 0.2) is 23.0 Å². The molecule has 1 rings (SSSR count). The second-order valence-corrected chi connectivity index (χ2v) is 3.65. The Hall–Kier alpha value is -0.800. The van der Waals surface area contributed by atoms with Gasteiger partial charge in [0, 0.05) is 12.2 Å². The fourth-order valence-electron chi connectivity index (χ4n) is 1.67. The third kappa shape index (κ3) is 3.68. The van der Waals surface area contributed by atoms with Gasteiger partial charge in [-0.2, -0.15) is 0 Å². The summed E-state index contributed by atoms with van der Waals surface area (Å²) in [5, 5.41) is 3.47. The van der Waals surface area contributed by atoms with E-state index in [2.05, 4.69) is 19.2 Å². The first-order chi connectivity index (χ1) is 7.29. The van der Waals surface area contributed by atoms with Crippen molar-refractivity contribution in [2.75, 3.05) is 13.2 Å². The molecule has 0 fully saturated rings. The van der Waals surface area contributed by atoms with Crippen molar-refractivity contribution >= 4 is 0 Å². The molecule has 15 heavy (non-hydrogen) atoms. The van der Waals surface area contributed by atoms with Crippen LogP contribution < -0.4 is 5.32 Å². The van der Waals surface area contributed by atoms with Gasteiger partial charge in [0.1, 0.15) is 0 Å². The standard InChI is InChI=1S/C12H21NO2/c1-4-7-13-12(10(3)15-5-2)11-6-8-14-9-11/h6,8-10,12-13H,4-5,7H2,1-3H3. The SMILES string of the molecule is CCCNC(c1ccoc1)C(C)OCC. The van der Waals surface area contributed by atoms with Crippen LogP contribution in [0.5, 0.6) is 0 Å². The van der Waals surface area contributed by atoms with E-state index in [1.54, 1.807) is 12.5 Å². The van der Waals surface area contributed by atoms with E-state index in [4.69, 9.17) is 9.15 Å². The van der Waals surface area contributed by atoms with Gasteiger partial charge in [-0.25, -0.2) is 0 Å². The molecule has 0 radical (unpaired) electrons. The quantitative estimate of drug-likeness (QED) is 0.753. The molecule has 3 nitrogen and oxygen atoms in total. The third-order valence-electron chi connectivity index (χ3n) is 2.42. The maximum absolute atomic E-state index is 5.62. The highest BCUT2D eigenvalue weighted by molar-refractivity contribution is 5.13. The lowest BCUT2D eigenvalue weighted by Crippen LogP contribution is -2.32. The van der Waals surface area contributed by atoms with Crippen molar-refractivity contribution in [1.29, 1.82) is 0 Å². The first-order valence-electron chi connectivity index (χ1n) is 5.66. The lowest BCUT2D eigenvalue weighted by Gasteiger charge is -2.24. The van der Waals surface area contributed by atoms with E-state index in [-0.39, 0.29) is 12.1 Å². The van der Waals surface area contributed by atoms with E-state index < -0.39 is 0 Å². The van der Waals surface area contributed by atoms with Crippen LogP contribution in [0.2, 0.25) is 0 Å². The molecule has 1 heterocycles. The van der Waals surface area contributed by atoms with E-state index >= 15 is 0 Å². The molecule has 1 aromatic heterocycles. The minimum Gasteiger partial charge on any atom is -0.472 e. The monoisotopic (exact) mass is 211 g/mol. The van der Waals surface area contributed by atoms with Crippen molar-refractivity contribution in [2.24, 2.45) is 0 Å². The summed E-state index contributed by atoms with van der Waals surface area (Å²) in [5.74, 6) is 0. The highest BCUT2D eigenvalue weighted by Crippen LogP contribution is 2.19. The predicted molar refractivity (Wildman–Crippen MR) is 60.8 cm³/mol. The molecule has 0 aromatic carbocycles. The van der Waals surface area contributed by atoms with E-state index in [0.29, 0.717) is 0 Å². The molecule has 0 saturated heterocycles.